The minimum absolute atomic E-state index is 0.0949. The number of hydrogen-bond donors (Lipinski definition) is 2. The van der Waals surface area contributed by atoms with E-state index in [0.29, 0.717) is 22.5 Å². The van der Waals surface area contributed by atoms with Crippen molar-refractivity contribution in [2.75, 3.05) is 5.32 Å². The first kappa shape index (κ1) is 20.7. The first-order valence-corrected chi connectivity index (χ1v) is 10.9. The summed E-state index contributed by atoms with van der Waals surface area (Å²) < 4.78 is 37.5. The molecule has 29 heavy (non-hydrogen) atoms. The fourth-order valence-corrected chi connectivity index (χ4v) is 3.99. The highest BCUT2D eigenvalue weighted by molar-refractivity contribution is 7.89. The van der Waals surface area contributed by atoms with Gasteiger partial charge in [-0.25, -0.2) is 4.39 Å². The molecule has 1 heterocycles. The number of sulfonamides is 1. The van der Waals surface area contributed by atoms with Gasteiger partial charge in [0.15, 0.2) is 0 Å². The van der Waals surface area contributed by atoms with Crippen molar-refractivity contribution in [3.63, 3.8) is 0 Å². The second-order valence-electron chi connectivity index (χ2n) is 6.23. The molecule has 0 saturated carbocycles. The van der Waals surface area contributed by atoms with E-state index < -0.39 is 15.8 Å². The summed E-state index contributed by atoms with van der Waals surface area (Å²) in [7, 11) is -3.92. The number of hydrazone groups is 1. The topological polar surface area (TPSA) is 87.6 Å². The average Bonchev–Trinajstić information content (AvgIpc) is 3.13. The van der Waals surface area contributed by atoms with Crippen LogP contribution >= 0.6 is 11.3 Å². The smallest absolute Gasteiger partial charge is 0.276 e. The number of carbonyl (C=O) groups is 1. The molecule has 2 N–H and O–H groups in total. The molecule has 1 amide bonds. The van der Waals surface area contributed by atoms with Gasteiger partial charge in [-0.05, 0) is 61.9 Å². The Morgan fingerprint density at radius 3 is 2.45 bits per heavy atom. The van der Waals surface area contributed by atoms with E-state index >= 15 is 0 Å². The van der Waals surface area contributed by atoms with Crippen LogP contribution < -0.4 is 10.1 Å². The van der Waals surface area contributed by atoms with Crippen LogP contribution in [0.25, 0.3) is 0 Å². The first-order chi connectivity index (χ1) is 13.7. The third kappa shape index (κ3) is 5.27. The highest BCUT2D eigenvalue weighted by Crippen LogP contribution is 2.17. The summed E-state index contributed by atoms with van der Waals surface area (Å²) >= 11 is 1.49. The molecule has 1 aromatic heterocycles. The minimum Gasteiger partial charge on any atom is -0.322 e. The van der Waals surface area contributed by atoms with Crippen molar-refractivity contribution in [3.05, 3.63) is 81.8 Å². The molecule has 0 spiro atoms. The van der Waals surface area contributed by atoms with Crippen molar-refractivity contribution in [2.45, 2.75) is 18.7 Å². The Morgan fingerprint density at radius 2 is 1.79 bits per heavy atom. The zero-order valence-corrected chi connectivity index (χ0v) is 17.3. The number of nitrogens with zero attached hydrogens (tertiary/aromatic N) is 1. The van der Waals surface area contributed by atoms with Crippen LogP contribution in [0.15, 0.2) is 70.0 Å². The van der Waals surface area contributed by atoms with Gasteiger partial charge in [-0.2, -0.15) is 18.4 Å². The molecule has 0 fully saturated rings. The van der Waals surface area contributed by atoms with Gasteiger partial charge in [-0.15, -0.1) is 11.3 Å². The third-order valence-electron chi connectivity index (χ3n) is 3.99. The van der Waals surface area contributed by atoms with E-state index in [0.717, 1.165) is 29.1 Å². The van der Waals surface area contributed by atoms with Crippen molar-refractivity contribution in [3.8, 4) is 0 Å². The molecule has 0 aliphatic rings. The summed E-state index contributed by atoms with van der Waals surface area (Å²) in [6, 6.07) is 13.2. The molecule has 0 aliphatic carbocycles. The number of amides is 1. The van der Waals surface area contributed by atoms with Gasteiger partial charge in [-0.1, -0.05) is 12.1 Å². The molecule has 6 nitrogen and oxygen atoms in total. The Labute approximate surface area is 172 Å². The lowest BCUT2D eigenvalue weighted by molar-refractivity contribution is 0.102. The predicted octanol–water partition coefficient (Wildman–Crippen LogP) is 4.15. The average molecular weight is 432 g/mol. The molecule has 150 valence electrons. The van der Waals surface area contributed by atoms with Gasteiger partial charge < -0.3 is 5.32 Å². The molecule has 3 rings (SSSR count). The molecule has 0 unspecified atom stereocenters. The van der Waals surface area contributed by atoms with Crippen LogP contribution in [-0.4, -0.2) is 20.0 Å². The van der Waals surface area contributed by atoms with Gasteiger partial charge in [-0.3, -0.25) is 4.79 Å². The molecule has 3 aromatic rings. The number of halogens is 1. The van der Waals surface area contributed by atoms with Crippen molar-refractivity contribution in [1.29, 1.82) is 0 Å². The summed E-state index contributed by atoms with van der Waals surface area (Å²) in [6.07, 6.45) is 0. The molecule has 0 bridgehead atoms. The summed E-state index contributed by atoms with van der Waals surface area (Å²) in [6.45, 7) is 3.56. The van der Waals surface area contributed by atoms with Crippen LogP contribution in [0, 0.1) is 12.7 Å². The molecule has 0 atom stereocenters. The van der Waals surface area contributed by atoms with Crippen molar-refractivity contribution in [1.82, 2.24) is 4.83 Å². The maximum atomic E-state index is 13.0. The SMILES string of the molecule is C/C(=N\NS(=O)(=O)c1ccc(F)cc1)c1cccc(NC(=O)c2csc(C)c2)c1. The number of aryl methyl sites for hydroxylation is 1. The van der Waals surface area contributed by atoms with Crippen LogP contribution in [0.2, 0.25) is 0 Å². The Morgan fingerprint density at radius 1 is 1.07 bits per heavy atom. The van der Waals surface area contributed by atoms with E-state index in [9.17, 15) is 17.6 Å². The number of nitrogens with one attached hydrogen (secondary N) is 2. The van der Waals surface area contributed by atoms with E-state index in [1.54, 1.807) is 42.6 Å². The highest BCUT2D eigenvalue weighted by Gasteiger charge is 2.13. The van der Waals surface area contributed by atoms with Gasteiger partial charge in [0.1, 0.15) is 5.82 Å². The van der Waals surface area contributed by atoms with E-state index in [4.69, 9.17) is 0 Å². The van der Waals surface area contributed by atoms with Crippen LogP contribution in [-0.2, 0) is 10.0 Å². The van der Waals surface area contributed by atoms with Gasteiger partial charge in [0.2, 0.25) is 0 Å². The maximum Gasteiger partial charge on any atom is 0.276 e. The predicted molar refractivity (Wildman–Crippen MR) is 112 cm³/mol. The number of thiophene rings is 1. The van der Waals surface area contributed by atoms with Crippen LogP contribution in [0.3, 0.4) is 0 Å². The molecule has 0 radical (unpaired) electrons. The minimum atomic E-state index is -3.92. The Bertz CT molecular complexity index is 1170. The lowest BCUT2D eigenvalue weighted by Gasteiger charge is -2.08. The maximum absolute atomic E-state index is 13.0. The second-order valence-corrected chi connectivity index (χ2v) is 9.00. The number of benzene rings is 2. The molecular formula is C20H18FN3O3S2. The summed E-state index contributed by atoms with van der Waals surface area (Å²) in [5.74, 6) is -0.752. The lowest BCUT2D eigenvalue weighted by atomic mass is 10.1. The van der Waals surface area contributed by atoms with Gasteiger partial charge >= 0.3 is 0 Å². The largest absolute Gasteiger partial charge is 0.322 e. The molecule has 0 aliphatic heterocycles. The van der Waals surface area contributed by atoms with Gasteiger partial charge in [0.05, 0.1) is 16.2 Å². The van der Waals surface area contributed by atoms with Gasteiger partial charge in [0.25, 0.3) is 15.9 Å². The Kier molecular flexibility index (Phi) is 6.09. The quantitative estimate of drug-likeness (QED) is 0.454. The first-order valence-electron chi connectivity index (χ1n) is 8.53. The third-order valence-corrected chi connectivity index (χ3v) is 6.07. The van der Waals surface area contributed by atoms with Crippen LogP contribution in [0.4, 0.5) is 10.1 Å². The van der Waals surface area contributed by atoms with Crippen molar-refractivity contribution < 1.29 is 17.6 Å². The molecule has 2 aromatic carbocycles. The zero-order valence-electron chi connectivity index (χ0n) is 15.6. The fraction of sp³-hybridized carbons (Fsp3) is 0.100. The van der Waals surface area contributed by atoms with Crippen molar-refractivity contribution in [2.24, 2.45) is 5.10 Å². The van der Waals surface area contributed by atoms with E-state index in [-0.39, 0.29) is 10.8 Å². The van der Waals surface area contributed by atoms with E-state index in [1.807, 2.05) is 6.92 Å². The Balaban J connectivity index is 1.73. The van der Waals surface area contributed by atoms with Crippen LogP contribution in [0.5, 0.6) is 0 Å². The standard InChI is InChI=1S/C20H18FN3O3S2/c1-13-10-16(12-28-13)20(25)22-18-5-3-4-15(11-18)14(2)23-24-29(26,27)19-8-6-17(21)7-9-19/h3-12,24H,1-2H3,(H,22,25)/b23-14+. The number of anilines is 1. The summed E-state index contributed by atoms with van der Waals surface area (Å²) in [4.78, 5) is 15.4. The highest BCUT2D eigenvalue weighted by atomic mass is 32.2. The molecule has 0 saturated heterocycles. The van der Waals surface area contributed by atoms with Gasteiger partial charge in [0, 0.05) is 15.9 Å². The van der Waals surface area contributed by atoms with E-state index in [1.165, 1.54) is 11.3 Å². The van der Waals surface area contributed by atoms with Crippen molar-refractivity contribution >= 4 is 38.7 Å². The summed E-state index contributed by atoms with van der Waals surface area (Å²) in [5.41, 5.74) is 2.17. The summed E-state index contributed by atoms with van der Waals surface area (Å²) in [5, 5.41) is 8.51. The number of rotatable bonds is 6. The monoisotopic (exact) mass is 431 g/mol. The Hall–Kier alpha value is -3.04. The lowest BCUT2D eigenvalue weighted by Crippen LogP contribution is -2.20. The molecule has 9 heteroatoms. The van der Waals surface area contributed by atoms with E-state index in [2.05, 4.69) is 15.2 Å². The normalized spacial score (nSPS) is 11.9. The number of hydrogen-bond acceptors (Lipinski definition) is 5. The molecular weight excluding hydrogens is 413 g/mol. The van der Waals surface area contributed by atoms with Crippen LogP contribution in [0.1, 0.15) is 27.7 Å². The fourth-order valence-electron chi connectivity index (χ4n) is 2.45. The zero-order chi connectivity index (χ0) is 21.0. The number of carbonyl (C=O) groups excluding carboxylic acids is 1. The second kappa shape index (κ2) is 8.54.